The van der Waals surface area contributed by atoms with Crippen LogP contribution in [0.5, 0.6) is 11.5 Å². The topological polar surface area (TPSA) is 116 Å². The van der Waals surface area contributed by atoms with Gasteiger partial charge in [-0.1, -0.05) is 11.6 Å². The second-order valence-electron chi connectivity index (χ2n) is 5.15. The molecule has 0 fully saturated rings. The molecule has 2 aromatic rings. The molecule has 0 heterocycles. The number of benzene rings is 2. The van der Waals surface area contributed by atoms with Crippen LogP contribution in [0.2, 0.25) is 5.02 Å². The van der Waals surface area contributed by atoms with Crippen LogP contribution >= 0.6 is 11.6 Å². The van der Waals surface area contributed by atoms with Crippen molar-refractivity contribution in [2.45, 2.75) is 6.18 Å². The lowest BCUT2D eigenvalue weighted by Crippen LogP contribution is -2.14. The molecule has 0 radical (unpaired) electrons. The average molecular weight is 420 g/mol. The highest BCUT2D eigenvalue weighted by Crippen LogP contribution is 2.37. The third kappa shape index (κ3) is 5.10. The van der Waals surface area contributed by atoms with Crippen molar-refractivity contribution >= 4 is 29.2 Å². The summed E-state index contributed by atoms with van der Waals surface area (Å²) in [6.45, 7) is -1.02. The van der Waals surface area contributed by atoms with Crippen molar-refractivity contribution in [1.29, 1.82) is 0 Å². The van der Waals surface area contributed by atoms with Gasteiger partial charge in [-0.15, -0.1) is 0 Å². The van der Waals surface area contributed by atoms with Crippen LogP contribution in [0.4, 0.5) is 18.9 Å². The van der Waals surface area contributed by atoms with E-state index in [2.05, 4.69) is 4.74 Å². The zero-order valence-electron chi connectivity index (χ0n) is 13.5. The van der Waals surface area contributed by atoms with Crippen LogP contribution in [-0.2, 0) is 15.7 Å². The molecular weight excluding hydrogens is 411 g/mol. The van der Waals surface area contributed by atoms with E-state index in [1.54, 1.807) is 0 Å². The Morgan fingerprint density at radius 2 is 1.86 bits per heavy atom. The number of hydrogen-bond acceptors (Lipinski definition) is 6. The number of nitro benzene ring substituents is 1. The van der Waals surface area contributed by atoms with Crippen LogP contribution in [-0.4, -0.2) is 28.6 Å². The molecule has 0 aromatic heterocycles. The van der Waals surface area contributed by atoms with E-state index in [1.165, 1.54) is 0 Å². The normalized spacial score (nSPS) is 11.0. The van der Waals surface area contributed by atoms with E-state index in [1.807, 2.05) is 0 Å². The van der Waals surface area contributed by atoms with E-state index < -0.39 is 46.5 Å². The number of hydrogen-bond donors (Lipinski definition) is 1. The zero-order chi connectivity index (χ0) is 21.1. The summed E-state index contributed by atoms with van der Waals surface area (Å²) in [6, 6.07) is 5.15. The summed E-state index contributed by atoms with van der Waals surface area (Å²) in [6.07, 6.45) is -4.61. The lowest BCUT2D eigenvalue weighted by Gasteiger charge is -2.12. The van der Waals surface area contributed by atoms with Crippen molar-refractivity contribution < 1.29 is 42.3 Å². The lowest BCUT2D eigenvalue weighted by molar-refractivity contribution is -0.385. The van der Waals surface area contributed by atoms with Gasteiger partial charge in [-0.05, 0) is 24.3 Å². The van der Waals surface area contributed by atoms with E-state index in [0.717, 1.165) is 24.3 Å². The molecule has 2 aromatic carbocycles. The standard InChI is InChI=1S/C16H9ClF3NO7/c17-11-5-8(16(18,19)20)1-4-13(11)28-9-2-3-12(21(25)26)10(6-9)15(24)27-7-14(22)23/h1-6H,7H2,(H,22,23). The molecule has 0 unspecified atom stereocenters. The maximum Gasteiger partial charge on any atom is 0.416 e. The zero-order valence-corrected chi connectivity index (χ0v) is 14.3. The molecule has 0 aliphatic heterocycles. The van der Waals surface area contributed by atoms with Gasteiger partial charge in [-0.3, -0.25) is 10.1 Å². The van der Waals surface area contributed by atoms with Crippen LogP contribution in [0.3, 0.4) is 0 Å². The number of carboxylic acid groups (broad SMARTS) is 1. The van der Waals surface area contributed by atoms with Crippen LogP contribution < -0.4 is 4.74 Å². The quantitative estimate of drug-likeness (QED) is 0.421. The molecular formula is C16H9ClF3NO7. The number of carboxylic acids is 1. The van der Waals surface area contributed by atoms with E-state index in [-0.39, 0.29) is 16.5 Å². The van der Waals surface area contributed by atoms with Gasteiger partial charge in [0.2, 0.25) is 0 Å². The van der Waals surface area contributed by atoms with Gasteiger partial charge in [0.1, 0.15) is 17.1 Å². The summed E-state index contributed by atoms with van der Waals surface area (Å²) in [5.41, 5.74) is -2.29. The number of carbonyl (C=O) groups excluding carboxylic acids is 1. The molecule has 0 aliphatic carbocycles. The molecule has 0 aliphatic rings. The summed E-state index contributed by atoms with van der Waals surface area (Å²) in [7, 11) is 0. The van der Waals surface area contributed by atoms with Crippen LogP contribution in [0.15, 0.2) is 36.4 Å². The lowest BCUT2D eigenvalue weighted by atomic mass is 10.1. The molecule has 28 heavy (non-hydrogen) atoms. The van der Waals surface area contributed by atoms with Crippen molar-refractivity contribution in [3.8, 4) is 11.5 Å². The SMILES string of the molecule is O=C(O)COC(=O)c1cc(Oc2ccc(C(F)(F)F)cc2Cl)ccc1[N+](=O)[O-]. The molecule has 0 saturated carbocycles. The predicted molar refractivity (Wildman–Crippen MR) is 87.5 cm³/mol. The molecule has 8 nitrogen and oxygen atoms in total. The molecule has 1 N–H and O–H groups in total. The second kappa shape index (κ2) is 8.13. The van der Waals surface area contributed by atoms with Gasteiger partial charge >= 0.3 is 18.1 Å². The first-order valence-electron chi connectivity index (χ1n) is 7.21. The fourth-order valence-corrected chi connectivity index (χ4v) is 2.21. The number of nitro groups is 1. The fraction of sp³-hybridized carbons (Fsp3) is 0.125. The van der Waals surface area contributed by atoms with Gasteiger partial charge in [0.15, 0.2) is 6.61 Å². The summed E-state index contributed by atoms with van der Waals surface area (Å²) in [5, 5.41) is 19.2. The maximum atomic E-state index is 12.7. The predicted octanol–water partition coefficient (Wildman–Crippen LogP) is 4.30. The number of halogens is 4. The largest absolute Gasteiger partial charge is 0.479 e. The molecule has 2 rings (SSSR count). The van der Waals surface area contributed by atoms with Crippen LogP contribution in [0.1, 0.15) is 15.9 Å². The van der Waals surface area contributed by atoms with Gasteiger partial charge in [0.05, 0.1) is 15.5 Å². The Kier molecular flexibility index (Phi) is 6.09. The molecule has 0 bridgehead atoms. The highest BCUT2D eigenvalue weighted by atomic mass is 35.5. The van der Waals surface area contributed by atoms with E-state index in [0.29, 0.717) is 12.1 Å². The first kappa shape index (κ1) is 21.0. The first-order valence-corrected chi connectivity index (χ1v) is 7.59. The third-order valence-corrected chi connectivity index (χ3v) is 3.49. The smallest absolute Gasteiger partial charge is 0.416 e. The minimum Gasteiger partial charge on any atom is -0.479 e. The number of nitrogens with zero attached hydrogens (tertiary/aromatic N) is 1. The monoisotopic (exact) mass is 419 g/mol. The van der Waals surface area contributed by atoms with Crippen molar-refractivity contribution in [3.05, 3.63) is 62.7 Å². The number of esters is 1. The fourth-order valence-electron chi connectivity index (χ4n) is 1.99. The summed E-state index contributed by atoms with van der Waals surface area (Å²) in [5.74, 6) is -3.14. The molecule has 0 saturated heterocycles. The van der Waals surface area contributed by atoms with Crippen molar-refractivity contribution in [1.82, 2.24) is 0 Å². The molecule has 0 atom stereocenters. The minimum atomic E-state index is -4.61. The Morgan fingerprint density at radius 1 is 1.18 bits per heavy atom. The maximum absolute atomic E-state index is 12.7. The number of alkyl halides is 3. The molecule has 0 amide bonds. The Balaban J connectivity index is 2.34. The molecule has 12 heteroatoms. The Morgan fingerprint density at radius 3 is 2.39 bits per heavy atom. The van der Waals surface area contributed by atoms with Crippen molar-refractivity contribution in [2.75, 3.05) is 6.61 Å². The number of ether oxygens (including phenoxy) is 2. The average Bonchev–Trinajstić information content (AvgIpc) is 2.60. The summed E-state index contributed by atoms with van der Waals surface area (Å²) < 4.78 is 47.7. The number of rotatable bonds is 6. The summed E-state index contributed by atoms with van der Waals surface area (Å²) >= 11 is 5.76. The van der Waals surface area contributed by atoms with E-state index in [4.69, 9.17) is 21.4 Å². The van der Waals surface area contributed by atoms with Gasteiger partial charge < -0.3 is 14.6 Å². The van der Waals surface area contributed by atoms with Gasteiger partial charge in [0, 0.05) is 12.1 Å². The Bertz CT molecular complexity index is 946. The highest BCUT2D eigenvalue weighted by molar-refractivity contribution is 6.32. The molecule has 0 spiro atoms. The molecule has 148 valence electrons. The van der Waals surface area contributed by atoms with Crippen LogP contribution in [0, 0.1) is 10.1 Å². The number of aliphatic carboxylic acids is 1. The Hall–Kier alpha value is -3.34. The van der Waals surface area contributed by atoms with Gasteiger partial charge in [-0.25, -0.2) is 9.59 Å². The summed E-state index contributed by atoms with van der Waals surface area (Å²) in [4.78, 5) is 32.5. The van der Waals surface area contributed by atoms with Crippen LogP contribution in [0.25, 0.3) is 0 Å². The van der Waals surface area contributed by atoms with E-state index >= 15 is 0 Å². The van der Waals surface area contributed by atoms with Crippen molar-refractivity contribution in [2.24, 2.45) is 0 Å². The first-order chi connectivity index (χ1) is 13.0. The van der Waals surface area contributed by atoms with Gasteiger partial charge in [0.25, 0.3) is 5.69 Å². The highest BCUT2D eigenvalue weighted by Gasteiger charge is 2.31. The van der Waals surface area contributed by atoms with E-state index in [9.17, 15) is 32.9 Å². The van der Waals surface area contributed by atoms with Gasteiger partial charge in [-0.2, -0.15) is 13.2 Å². The minimum absolute atomic E-state index is 0.172. The third-order valence-electron chi connectivity index (χ3n) is 3.20. The Labute approximate surface area is 159 Å². The van der Waals surface area contributed by atoms with Crippen molar-refractivity contribution in [3.63, 3.8) is 0 Å². The number of carbonyl (C=O) groups is 2. The second-order valence-corrected chi connectivity index (χ2v) is 5.56.